The van der Waals surface area contributed by atoms with E-state index in [1.165, 1.54) is 0 Å². The molecule has 0 bridgehead atoms. The van der Waals surface area contributed by atoms with Crippen molar-refractivity contribution in [2.75, 3.05) is 29.9 Å². The quantitative estimate of drug-likeness (QED) is 0.505. The van der Waals surface area contributed by atoms with E-state index in [1.54, 1.807) is 36.2 Å². The molecule has 1 aromatic carbocycles. The van der Waals surface area contributed by atoms with Crippen LogP contribution in [-0.4, -0.2) is 53.5 Å². The molecule has 33 heavy (non-hydrogen) atoms. The number of hydrogen-bond donors (Lipinski definition) is 2. The van der Waals surface area contributed by atoms with Crippen molar-refractivity contribution in [1.82, 2.24) is 24.2 Å². The van der Waals surface area contributed by atoms with E-state index in [0.717, 1.165) is 22.6 Å². The molecular formula is C22H25N7O3S. The molecule has 0 radical (unpaired) electrons. The van der Waals surface area contributed by atoms with Gasteiger partial charge in [-0.1, -0.05) is 0 Å². The second-order valence-corrected chi connectivity index (χ2v) is 9.98. The molecule has 11 heteroatoms. The number of anilines is 2. The molecule has 0 fully saturated rings. The molecule has 1 amide bonds. The van der Waals surface area contributed by atoms with Crippen LogP contribution in [0.25, 0.3) is 5.82 Å². The summed E-state index contributed by atoms with van der Waals surface area (Å²) in [6.45, 7) is 4.88. The zero-order chi connectivity index (χ0) is 23.2. The van der Waals surface area contributed by atoms with Crippen molar-refractivity contribution < 1.29 is 13.2 Å². The van der Waals surface area contributed by atoms with Crippen LogP contribution in [0.1, 0.15) is 29.2 Å². The number of nitrogens with zero attached hydrogens (tertiary/aromatic N) is 5. The number of nitrogens with one attached hydrogen (secondary N) is 2. The number of carbonyl (C=O) groups is 1. The summed E-state index contributed by atoms with van der Waals surface area (Å²) in [5.74, 6) is 2.83. The first-order valence-corrected chi connectivity index (χ1v) is 12.4. The van der Waals surface area contributed by atoms with Gasteiger partial charge in [-0.05, 0) is 49.9 Å². The lowest BCUT2D eigenvalue weighted by atomic mass is 10.00. The molecule has 4 heterocycles. The number of rotatable bonds is 7. The van der Waals surface area contributed by atoms with Crippen LogP contribution in [0.3, 0.4) is 0 Å². The first-order valence-electron chi connectivity index (χ1n) is 10.9. The Balaban J connectivity index is 1.25. The largest absolute Gasteiger partial charge is 0.369 e. The topological polar surface area (TPSA) is 122 Å². The first kappa shape index (κ1) is 21.5. The van der Waals surface area contributed by atoms with Crippen LogP contribution >= 0.6 is 0 Å². The van der Waals surface area contributed by atoms with Crippen molar-refractivity contribution in [2.45, 2.75) is 38.0 Å². The van der Waals surface area contributed by atoms with Crippen LogP contribution in [0.4, 0.5) is 11.5 Å². The fourth-order valence-electron chi connectivity index (χ4n) is 4.43. The molecular weight excluding hydrogens is 442 g/mol. The van der Waals surface area contributed by atoms with Crippen molar-refractivity contribution in [2.24, 2.45) is 0 Å². The molecule has 0 saturated heterocycles. The summed E-state index contributed by atoms with van der Waals surface area (Å²) in [5, 5.41) is 3.16. The molecule has 2 aromatic heterocycles. The molecule has 5 rings (SSSR count). The summed E-state index contributed by atoms with van der Waals surface area (Å²) in [6, 6.07) is 5.20. The lowest BCUT2D eigenvalue weighted by molar-refractivity contribution is -0.118. The highest BCUT2D eigenvalue weighted by atomic mass is 32.2. The van der Waals surface area contributed by atoms with Gasteiger partial charge >= 0.3 is 0 Å². The van der Waals surface area contributed by atoms with Gasteiger partial charge in [0.25, 0.3) is 0 Å². The minimum absolute atomic E-state index is 0.118. The van der Waals surface area contributed by atoms with Gasteiger partial charge in [0.15, 0.2) is 0 Å². The molecule has 0 aliphatic carbocycles. The average molecular weight is 468 g/mol. The van der Waals surface area contributed by atoms with Crippen molar-refractivity contribution >= 4 is 27.4 Å². The minimum Gasteiger partial charge on any atom is -0.369 e. The van der Waals surface area contributed by atoms with Crippen molar-refractivity contribution in [3.05, 3.63) is 53.4 Å². The number of imidazole rings is 1. The van der Waals surface area contributed by atoms with Crippen LogP contribution < -0.4 is 14.9 Å². The Bertz CT molecular complexity index is 1350. The number of hydrogen-bond acceptors (Lipinski definition) is 7. The highest BCUT2D eigenvalue weighted by Crippen LogP contribution is 2.38. The fraction of sp³-hybridized carbons (Fsp3) is 0.364. The van der Waals surface area contributed by atoms with Gasteiger partial charge in [0.1, 0.15) is 23.3 Å². The van der Waals surface area contributed by atoms with E-state index in [0.29, 0.717) is 49.8 Å². The van der Waals surface area contributed by atoms with Crippen LogP contribution in [-0.2, 0) is 27.7 Å². The molecule has 3 aromatic rings. The van der Waals surface area contributed by atoms with E-state index in [9.17, 15) is 13.2 Å². The Morgan fingerprint density at radius 1 is 1.03 bits per heavy atom. The lowest BCUT2D eigenvalue weighted by Crippen LogP contribution is -2.33. The van der Waals surface area contributed by atoms with Gasteiger partial charge in [0.05, 0.1) is 10.6 Å². The molecule has 0 unspecified atom stereocenters. The third kappa shape index (κ3) is 4.09. The third-order valence-electron chi connectivity index (χ3n) is 5.96. The normalized spacial score (nSPS) is 15.1. The van der Waals surface area contributed by atoms with E-state index in [-0.39, 0.29) is 17.3 Å². The second kappa shape index (κ2) is 8.23. The van der Waals surface area contributed by atoms with E-state index in [2.05, 4.69) is 25.0 Å². The molecule has 2 aliphatic heterocycles. The maximum Gasteiger partial charge on any atom is 0.240 e. The Kier molecular flexibility index (Phi) is 5.37. The summed E-state index contributed by atoms with van der Waals surface area (Å²) in [7, 11) is -3.67. The number of amides is 1. The molecule has 172 valence electrons. The van der Waals surface area contributed by atoms with Crippen molar-refractivity contribution in [1.29, 1.82) is 0 Å². The van der Waals surface area contributed by atoms with Crippen molar-refractivity contribution in [3.8, 4) is 5.82 Å². The van der Waals surface area contributed by atoms with Crippen LogP contribution in [0.5, 0.6) is 0 Å². The third-order valence-corrected chi connectivity index (χ3v) is 7.40. The molecule has 2 aliphatic rings. The Hall–Kier alpha value is -3.31. The minimum atomic E-state index is -3.67. The number of carbonyl (C=O) groups excluding carboxylic acids is 1. The zero-order valence-electron chi connectivity index (χ0n) is 18.5. The van der Waals surface area contributed by atoms with Gasteiger partial charge in [-0.3, -0.25) is 9.36 Å². The number of aromatic nitrogens is 4. The maximum atomic E-state index is 12.9. The highest BCUT2D eigenvalue weighted by Gasteiger charge is 2.32. The molecule has 2 N–H and O–H groups in total. The average Bonchev–Trinajstić information content (AvgIpc) is 3.40. The predicted molar refractivity (Wildman–Crippen MR) is 123 cm³/mol. The van der Waals surface area contributed by atoms with Gasteiger partial charge in [0.2, 0.25) is 15.9 Å². The van der Waals surface area contributed by atoms with E-state index >= 15 is 0 Å². The van der Waals surface area contributed by atoms with Gasteiger partial charge in [-0.2, -0.15) is 0 Å². The Morgan fingerprint density at radius 2 is 1.82 bits per heavy atom. The monoisotopic (exact) mass is 467 g/mol. The predicted octanol–water partition coefficient (Wildman–Crippen LogP) is 1.50. The van der Waals surface area contributed by atoms with E-state index in [1.807, 2.05) is 17.7 Å². The fourth-order valence-corrected chi connectivity index (χ4v) is 5.56. The number of sulfonamides is 1. The molecule has 0 spiro atoms. The first-order chi connectivity index (χ1) is 15.8. The zero-order valence-corrected chi connectivity index (χ0v) is 19.3. The number of aryl methyl sites for hydroxylation is 3. The Morgan fingerprint density at radius 3 is 2.58 bits per heavy atom. The van der Waals surface area contributed by atoms with E-state index in [4.69, 9.17) is 0 Å². The Labute approximate surface area is 192 Å². The summed E-state index contributed by atoms with van der Waals surface area (Å²) >= 11 is 0. The second-order valence-electron chi connectivity index (χ2n) is 8.21. The standard InChI is InChI=1S/C22H25N7O3S/c1-14-26-19(13-20(27-14)28-10-8-23-15(28)2)24-6-7-25-33(31,32)18-11-16-3-4-21(30)29-9-5-17(12-18)22(16)29/h8,10-13,25H,3-7,9H2,1-2H3,(H,24,26,27). The van der Waals surface area contributed by atoms with Gasteiger partial charge in [-0.25, -0.2) is 28.1 Å². The number of benzene rings is 1. The van der Waals surface area contributed by atoms with Crippen molar-refractivity contribution in [3.63, 3.8) is 0 Å². The van der Waals surface area contributed by atoms with Gasteiger partial charge < -0.3 is 10.2 Å². The van der Waals surface area contributed by atoms with Crippen LogP contribution in [0, 0.1) is 13.8 Å². The van der Waals surface area contributed by atoms with Gasteiger partial charge in [-0.15, -0.1) is 0 Å². The van der Waals surface area contributed by atoms with Crippen LogP contribution in [0.15, 0.2) is 35.5 Å². The lowest BCUT2D eigenvalue weighted by Gasteiger charge is -2.25. The summed E-state index contributed by atoms with van der Waals surface area (Å²) in [6.07, 6.45) is 5.22. The maximum absolute atomic E-state index is 12.9. The van der Waals surface area contributed by atoms with Gasteiger partial charge in [0, 0.05) is 44.5 Å². The summed E-state index contributed by atoms with van der Waals surface area (Å²) in [4.78, 5) is 27.2. The van der Waals surface area contributed by atoms with E-state index < -0.39 is 10.0 Å². The SMILES string of the molecule is Cc1nc(NCCNS(=O)(=O)c2cc3c4c(c2)CCN4C(=O)CC3)cc(-n2ccnc2C)n1. The highest BCUT2D eigenvalue weighted by molar-refractivity contribution is 7.89. The summed E-state index contributed by atoms with van der Waals surface area (Å²) in [5.41, 5.74) is 2.77. The summed E-state index contributed by atoms with van der Waals surface area (Å²) < 4.78 is 30.4. The molecule has 0 atom stereocenters. The molecule has 0 saturated carbocycles. The molecule has 10 nitrogen and oxygen atoms in total. The van der Waals surface area contributed by atoms with Crippen LogP contribution in [0.2, 0.25) is 0 Å². The smallest absolute Gasteiger partial charge is 0.240 e.